The normalized spacial score (nSPS) is 20.1. The van der Waals surface area contributed by atoms with Gasteiger partial charge in [0.25, 0.3) is 0 Å². The average molecular weight is 491 g/mol. The number of nitrogens with zero attached hydrogens (tertiary/aromatic N) is 2. The molecule has 0 aromatic heterocycles. The van der Waals surface area contributed by atoms with Crippen LogP contribution in [0.5, 0.6) is 0 Å². The molecule has 2 aliphatic heterocycles. The van der Waals surface area contributed by atoms with Crippen LogP contribution in [0.3, 0.4) is 0 Å². The van der Waals surface area contributed by atoms with Crippen LogP contribution in [0.2, 0.25) is 0 Å². The van der Waals surface area contributed by atoms with Crippen molar-refractivity contribution in [2.24, 2.45) is 0 Å². The third-order valence-electron chi connectivity index (χ3n) is 6.85. The molecule has 0 aliphatic carbocycles. The molecule has 2 aliphatic rings. The van der Waals surface area contributed by atoms with Gasteiger partial charge in [0.15, 0.2) is 0 Å². The van der Waals surface area contributed by atoms with Crippen LogP contribution in [0.1, 0.15) is 50.7 Å². The monoisotopic (exact) mass is 490 g/mol. The molecule has 8 heteroatoms. The summed E-state index contributed by atoms with van der Waals surface area (Å²) in [4.78, 5) is 54.3. The summed E-state index contributed by atoms with van der Waals surface area (Å²) in [5, 5.41) is 5.76. The molecule has 0 bridgehead atoms. The van der Waals surface area contributed by atoms with E-state index in [0.717, 1.165) is 11.1 Å². The van der Waals surface area contributed by atoms with E-state index in [1.54, 1.807) is 23.6 Å². The van der Waals surface area contributed by atoms with E-state index in [4.69, 9.17) is 0 Å². The van der Waals surface area contributed by atoms with Gasteiger partial charge in [-0.15, -0.1) is 0 Å². The number of carbonyl (C=O) groups is 4. The van der Waals surface area contributed by atoms with Crippen molar-refractivity contribution in [1.29, 1.82) is 0 Å². The lowest BCUT2D eigenvalue weighted by Gasteiger charge is -2.29. The first-order chi connectivity index (χ1) is 17.2. The number of hydrogen-bond donors (Lipinski definition) is 2. The Kier molecular flexibility index (Phi) is 7.72. The first kappa shape index (κ1) is 25.4. The molecular weight excluding hydrogens is 456 g/mol. The first-order valence-corrected chi connectivity index (χ1v) is 12.5. The molecule has 0 radical (unpaired) electrons. The quantitative estimate of drug-likeness (QED) is 0.564. The summed E-state index contributed by atoms with van der Waals surface area (Å²) >= 11 is 0. The van der Waals surface area contributed by atoms with Crippen molar-refractivity contribution in [3.63, 3.8) is 0 Å². The van der Waals surface area contributed by atoms with Gasteiger partial charge in [0.1, 0.15) is 5.54 Å². The summed E-state index contributed by atoms with van der Waals surface area (Å²) < 4.78 is 0. The molecule has 0 saturated carbocycles. The first-order valence-electron chi connectivity index (χ1n) is 12.5. The van der Waals surface area contributed by atoms with Crippen LogP contribution in [0, 0.1) is 0 Å². The second-order valence-corrected chi connectivity index (χ2v) is 10.2. The number of hydrogen-bond acceptors (Lipinski definition) is 4. The molecule has 2 saturated heterocycles. The standard InChI is InChI=1S/C28H34N4O4/c1-28(2,27(36)29-22-15-26(35)31(19-22)17-20-9-5-3-6-10-20)30-24(33)16-23-13-14-25(34)32(23)18-21-11-7-4-8-12-21/h3-12,22-23H,13-19H2,1-2H3,(H,29,36)(H,30,33). The zero-order chi connectivity index (χ0) is 25.7. The molecule has 4 amide bonds. The third-order valence-corrected chi connectivity index (χ3v) is 6.85. The highest BCUT2D eigenvalue weighted by Crippen LogP contribution is 2.24. The third kappa shape index (κ3) is 6.30. The van der Waals surface area contributed by atoms with Crippen molar-refractivity contribution in [3.8, 4) is 0 Å². The van der Waals surface area contributed by atoms with Gasteiger partial charge in [0, 0.05) is 44.9 Å². The molecule has 0 spiro atoms. The van der Waals surface area contributed by atoms with Crippen molar-refractivity contribution in [2.75, 3.05) is 6.54 Å². The topological polar surface area (TPSA) is 98.8 Å². The lowest BCUT2D eigenvalue weighted by molar-refractivity contribution is -0.134. The van der Waals surface area contributed by atoms with Gasteiger partial charge < -0.3 is 20.4 Å². The summed E-state index contributed by atoms with van der Waals surface area (Å²) in [7, 11) is 0. The van der Waals surface area contributed by atoms with E-state index in [9.17, 15) is 19.2 Å². The molecule has 36 heavy (non-hydrogen) atoms. The highest BCUT2D eigenvalue weighted by atomic mass is 16.2. The summed E-state index contributed by atoms with van der Waals surface area (Å²) in [5.41, 5.74) is 0.905. The second kappa shape index (κ2) is 10.9. The Balaban J connectivity index is 1.28. The highest BCUT2D eigenvalue weighted by molar-refractivity contribution is 5.92. The van der Waals surface area contributed by atoms with E-state index in [2.05, 4.69) is 10.6 Å². The second-order valence-electron chi connectivity index (χ2n) is 10.2. The fourth-order valence-electron chi connectivity index (χ4n) is 4.86. The maximum atomic E-state index is 13.0. The number of nitrogens with one attached hydrogen (secondary N) is 2. The maximum absolute atomic E-state index is 13.0. The summed E-state index contributed by atoms with van der Waals surface area (Å²) in [5.74, 6) is -0.574. The molecule has 4 rings (SSSR count). The van der Waals surface area contributed by atoms with Gasteiger partial charge >= 0.3 is 0 Å². The minimum atomic E-state index is -1.15. The summed E-state index contributed by atoms with van der Waals surface area (Å²) in [6.45, 7) is 4.71. The number of rotatable bonds is 9. The Hall–Kier alpha value is -3.68. The predicted octanol–water partition coefficient (Wildman–Crippen LogP) is 2.38. The fraction of sp³-hybridized carbons (Fsp3) is 0.429. The number of benzene rings is 2. The van der Waals surface area contributed by atoms with Crippen molar-refractivity contribution in [1.82, 2.24) is 20.4 Å². The molecule has 2 fully saturated rings. The Morgan fingerprint density at radius 1 is 0.917 bits per heavy atom. The molecular formula is C28H34N4O4. The van der Waals surface area contributed by atoms with Crippen molar-refractivity contribution < 1.29 is 19.2 Å². The fourth-order valence-corrected chi connectivity index (χ4v) is 4.86. The lowest BCUT2D eigenvalue weighted by atomic mass is 10.0. The number of carbonyl (C=O) groups excluding carboxylic acids is 4. The molecule has 2 aromatic carbocycles. The van der Waals surface area contributed by atoms with Gasteiger partial charge in [-0.05, 0) is 31.4 Å². The van der Waals surface area contributed by atoms with Gasteiger partial charge in [-0.25, -0.2) is 0 Å². The van der Waals surface area contributed by atoms with Crippen LogP contribution in [-0.4, -0.2) is 57.6 Å². The molecule has 190 valence electrons. The van der Waals surface area contributed by atoms with Crippen molar-refractivity contribution >= 4 is 23.6 Å². The van der Waals surface area contributed by atoms with E-state index in [1.807, 2.05) is 60.7 Å². The van der Waals surface area contributed by atoms with E-state index >= 15 is 0 Å². The molecule has 2 heterocycles. The van der Waals surface area contributed by atoms with Gasteiger partial charge in [-0.3, -0.25) is 19.2 Å². The van der Waals surface area contributed by atoms with Gasteiger partial charge in [-0.1, -0.05) is 60.7 Å². The maximum Gasteiger partial charge on any atom is 0.245 e. The highest BCUT2D eigenvalue weighted by Gasteiger charge is 2.37. The molecule has 2 aromatic rings. The molecule has 2 atom stereocenters. The van der Waals surface area contributed by atoms with Crippen LogP contribution in [0.4, 0.5) is 0 Å². The van der Waals surface area contributed by atoms with Crippen molar-refractivity contribution in [3.05, 3.63) is 71.8 Å². The Bertz CT molecular complexity index is 1100. The zero-order valence-electron chi connectivity index (χ0n) is 20.9. The van der Waals surface area contributed by atoms with Gasteiger partial charge in [-0.2, -0.15) is 0 Å². The van der Waals surface area contributed by atoms with E-state index < -0.39 is 5.54 Å². The lowest BCUT2D eigenvalue weighted by Crippen LogP contribution is -2.57. The smallest absolute Gasteiger partial charge is 0.245 e. The predicted molar refractivity (Wildman–Crippen MR) is 135 cm³/mol. The van der Waals surface area contributed by atoms with Crippen LogP contribution >= 0.6 is 0 Å². The molecule has 8 nitrogen and oxygen atoms in total. The van der Waals surface area contributed by atoms with Crippen LogP contribution in [0.15, 0.2) is 60.7 Å². The van der Waals surface area contributed by atoms with Crippen molar-refractivity contribution in [2.45, 2.75) is 70.2 Å². The SMILES string of the molecule is CC(C)(NC(=O)CC1CCC(=O)N1Cc1ccccc1)C(=O)NC1CC(=O)N(Cc2ccccc2)C1. The van der Waals surface area contributed by atoms with Crippen LogP contribution in [-0.2, 0) is 32.3 Å². The minimum absolute atomic E-state index is 0.00426. The largest absolute Gasteiger partial charge is 0.349 e. The Morgan fingerprint density at radius 3 is 2.17 bits per heavy atom. The van der Waals surface area contributed by atoms with E-state index in [1.165, 1.54) is 0 Å². The van der Waals surface area contributed by atoms with E-state index in [-0.39, 0.29) is 48.6 Å². The number of amides is 4. The number of likely N-dealkylation sites (tertiary alicyclic amines) is 2. The molecule has 2 N–H and O–H groups in total. The summed E-state index contributed by atoms with van der Waals surface area (Å²) in [6, 6.07) is 18.9. The Morgan fingerprint density at radius 2 is 1.53 bits per heavy atom. The summed E-state index contributed by atoms with van der Waals surface area (Å²) in [6.07, 6.45) is 1.42. The molecule has 2 unspecified atom stereocenters. The average Bonchev–Trinajstić information content (AvgIpc) is 3.36. The van der Waals surface area contributed by atoms with Crippen LogP contribution in [0.25, 0.3) is 0 Å². The van der Waals surface area contributed by atoms with E-state index in [0.29, 0.717) is 32.5 Å². The van der Waals surface area contributed by atoms with Gasteiger partial charge in [0.2, 0.25) is 23.6 Å². The van der Waals surface area contributed by atoms with Gasteiger partial charge in [0.05, 0.1) is 6.04 Å². The van der Waals surface area contributed by atoms with Crippen LogP contribution < -0.4 is 10.6 Å². The zero-order valence-corrected chi connectivity index (χ0v) is 20.9. The Labute approximate surface area is 212 Å². The minimum Gasteiger partial charge on any atom is -0.349 e.